The molecule has 0 aliphatic rings. The summed E-state index contributed by atoms with van der Waals surface area (Å²) in [6.45, 7) is 1.15. The number of nitrogens with one attached hydrogen (secondary N) is 1. The van der Waals surface area contributed by atoms with Crippen molar-refractivity contribution in [1.29, 1.82) is 0 Å². The van der Waals surface area contributed by atoms with Gasteiger partial charge in [0, 0.05) is 0 Å². The number of rotatable bonds is 7. The molecule has 1 aromatic rings. The van der Waals surface area contributed by atoms with Gasteiger partial charge in [0.05, 0.1) is 7.57 Å². The molecule has 0 amide bonds. The first kappa shape index (κ1) is 13.7. The van der Waals surface area contributed by atoms with Gasteiger partial charge in [-0.3, -0.25) is 0 Å². The molecular formula is C11H17Br2NS. The van der Waals surface area contributed by atoms with E-state index >= 15 is 0 Å². The van der Waals surface area contributed by atoms with Crippen molar-refractivity contribution in [1.82, 2.24) is 5.32 Å². The quantitative estimate of drug-likeness (QED) is 0.706. The van der Waals surface area contributed by atoms with Crippen LogP contribution in [-0.4, -0.2) is 13.6 Å². The van der Waals surface area contributed by atoms with Crippen LogP contribution in [-0.2, 0) is 6.42 Å². The summed E-state index contributed by atoms with van der Waals surface area (Å²) in [5.41, 5.74) is 1.44. The zero-order chi connectivity index (χ0) is 11.1. The maximum Gasteiger partial charge on any atom is 0.0742 e. The van der Waals surface area contributed by atoms with Crippen molar-refractivity contribution >= 4 is 43.2 Å². The Morgan fingerprint density at radius 1 is 1.20 bits per heavy atom. The Hall–Kier alpha value is 0.620. The first-order chi connectivity index (χ1) is 7.24. The molecule has 0 spiro atoms. The van der Waals surface area contributed by atoms with Gasteiger partial charge >= 0.3 is 0 Å². The normalized spacial score (nSPS) is 10.9. The van der Waals surface area contributed by atoms with Crippen LogP contribution in [0, 0.1) is 0 Å². The second-order valence-corrected chi connectivity index (χ2v) is 7.37. The fraction of sp³-hybridized carbons (Fsp3) is 0.636. The molecule has 1 rings (SSSR count). The SMILES string of the molecule is CNCCCCCCc1cc(Br)sc1Br. The van der Waals surface area contributed by atoms with Gasteiger partial charge in [0.1, 0.15) is 0 Å². The van der Waals surface area contributed by atoms with E-state index in [0.29, 0.717) is 0 Å². The summed E-state index contributed by atoms with van der Waals surface area (Å²) in [6, 6.07) is 2.22. The summed E-state index contributed by atoms with van der Waals surface area (Å²) >= 11 is 8.86. The molecule has 0 radical (unpaired) electrons. The summed E-state index contributed by atoms with van der Waals surface area (Å²) in [5.74, 6) is 0. The lowest BCUT2D eigenvalue weighted by Gasteiger charge is -2.00. The van der Waals surface area contributed by atoms with Crippen molar-refractivity contribution in [3.63, 3.8) is 0 Å². The third-order valence-corrected chi connectivity index (χ3v) is 4.81. The molecule has 0 atom stereocenters. The van der Waals surface area contributed by atoms with Crippen molar-refractivity contribution in [3.05, 3.63) is 19.2 Å². The highest BCUT2D eigenvalue weighted by molar-refractivity contribution is 9.12. The molecule has 0 aromatic carbocycles. The van der Waals surface area contributed by atoms with Crippen LogP contribution < -0.4 is 5.32 Å². The summed E-state index contributed by atoms with van der Waals surface area (Å²) in [4.78, 5) is 0. The molecule has 0 bridgehead atoms. The van der Waals surface area contributed by atoms with Gasteiger partial charge in [-0.2, -0.15) is 0 Å². The van der Waals surface area contributed by atoms with Crippen LogP contribution in [0.3, 0.4) is 0 Å². The van der Waals surface area contributed by atoms with Crippen molar-refractivity contribution in [2.75, 3.05) is 13.6 Å². The summed E-state index contributed by atoms with van der Waals surface area (Å²) in [7, 11) is 2.01. The van der Waals surface area contributed by atoms with E-state index < -0.39 is 0 Å². The summed E-state index contributed by atoms with van der Waals surface area (Å²) in [5, 5.41) is 3.18. The molecular weight excluding hydrogens is 338 g/mol. The van der Waals surface area contributed by atoms with Crippen LogP contribution in [0.25, 0.3) is 0 Å². The van der Waals surface area contributed by atoms with Crippen LogP contribution in [0.4, 0.5) is 0 Å². The van der Waals surface area contributed by atoms with Crippen LogP contribution >= 0.6 is 43.2 Å². The van der Waals surface area contributed by atoms with Gasteiger partial charge < -0.3 is 5.32 Å². The Kier molecular flexibility index (Phi) is 7.14. The van der Waals surface area contributed by atoms with Crippen LogP contribution in [0.15, 0.2) is 13.6 Å². The first-order valence-corrected chi connectivity index (χ1v) is 7.72. The van der Waals surface area contributed by atoms with Gasteiger partial charge in [0.15, 0.2) is 0 Å². The fourth-order valence-corrected chi connectivity index (χ4v) is 4.43. The monoisotopic (exact) mass is 353 g/mol. The molecule has 15 heavy (non-hydrogen) atoms. The summed E-state index contributed by atoms with van der Waals surface area (Å²) < 4.78 is 2.50. The van der Waals surface area contributed by atoms with Gasteiger partial charge in [-0.1, -0.05) is 12.8 Å². The van der Waals surface area contributed by atoms with E-state index in [0.717, 1.165) is 6.54 Å². The highest BCUT2D eigenvalue weighted by Gasteiger charge is 2.04. The van der Waals surface area contributed by atoms with Crippen molar-refractivity contribution < 1.29 is 0 Å². The third-order valence-electron chi connectivity index (χ3n) is 2.35. The third kappa shape index (κ3) is 5.48. The minimum absolute atomic E-state index is 1.15. The second-order valence-electron chi connectivity index (χ2n) is 3.62. The first-order valence-electron chi connectivity index (χ1n) is 5.32. The Morgan fingerprint density at radius 2 is 1.93 bits per heavy atom. The lowest BCUT2D eigenvalue weighted by molar-refractivity contribution is 0.616. The number of hydrogen-bond donors (Lipinski definition) is 1. The van der Waals surface area contributed by atoms with Gasteiger partial charge in [0.2, 0.25) is 0 Å². The molecule has 0 unspecified atom stereocenters. The lowest BCUT2D eigenvalue weighted by atomic mass is 10.1. The summed E-state index contributed by atoms with van der Waals surface area (Å²) in [6.07, 6.45) is 6.46. The molecule has 0 aliphatic heterocycles. The van der Waals surface area contributed by atoms with E-state index in [-0.39, 0.29) is 0 Å². The lowest BCUT2D eigenvalue weighted by Crippen LogP contribution is -2.06. The predicted octanol–water partition coefficient (Wildman–Crippen LogP) is 4.60. The molecule has 1 nitrogen and oxygen atoms in total. The Labute approximate surface area is 113 Å². The number of halogens is 2. The minimum Gasteiger partial charge on any atom is -0.320 e. The van der Waals surface area contributed by atoms with Gasteiger partial charge in [-0.25, -0.2) is 0 Å². The highest BCUT2D eigenvalue weighted by atomic mass is 79.9. The Morgan fingerprint density at radius 3 is 2.53 bits per heavy atom. The fourth-order valence-electron chi connectivity index (χ4n) is 1.52. The topological polar surface area (TPSA) is 12.0 Å². The minimum atomic E-state index is 1.15. The molecule has 86 valence electrons. The predicted molar refractivity (Wildman–Crippen MR) is 75.8 cm³/mol. The number of hydrogen-bond acceptors (Lipinski definition) is 2. The van der Waals surface area contributed by atoms with E-state index in [4.69, 9.17) is 0 Å². The van der Waals surface area contributed by atoms with Crippen LogP contribution in [0.2, 0.25) is 0 Å². The molecule has 0 saturated heterocycles. The van der Waals surface area contributed by atoms with E-state index in [2.05, 4.69) is 43.2 Å². The maximum absolute atomic E-state index is 3.59. The van der Waals surface area contributed by atoms with E-state index in [1.807, 2.05) is 7.05 Å². The van der Waals surface area contributed by atoms with Gasteiger partial charge in [-0.05, 0) is 76.3 Å². The average molecular weight is 355 g/mol. The number of aryl methyl sites for hydroxylation is 1. The van der Waals surface area contributed by atoms with Gasteiger partial charge in [0.25, 0.3) is 0 Å². The molecule has 0 saturated carbocycles. The number of thiophene rings is 1. The number of unbranched alkanes of at least 4 members (excludes halogenated alkanes) is 3. The zero-order valence-electron chi connectivity index (χ0n) is 8.98. The maximum atomic E-state index is 3.59. The van der Waals surface area contributed by atoms with E-state index in [1.165, 1.54) is 45.2 Å². The zero-order valence-corrected chi connectivity index (χ0v) is 13.0. The molecule has 0 fully saturated rings. The second kappa shape index (κ2) is 7.82. The van der Waals surface area contributed by atoms with Crippen molar-refractivity contribution in [2.24, 2.45) is 0 Å². The van der Waals surface area contributed by atoms with E-state index in [1.54, 1.807) is 11.3 Å². The molecule has 1 N–H and O–H groups in total. The highest BCUT2D eigenvalue weighted by Crippen LogP contribution is 2.32. The Balaban J connectivity index is 2.12. The van der Waals surface area contributed by atoms with Crippen LogP contribution in [0.5, 0.6) is 0 Å². The van der Waals surface area contributed by atoms with Crippen LogP contribution in [0.1, 0.15) is 31.2 Å². The largest absolute Gasteiger partial charge is 0.320 e. The molecule has 0 aliphatic carbocycles. The molecule has 1 aromatic heterocycles. The smallest absolute Gasteiger partial charge is 0.0742 e. The standard InChI is InChI=1S/C11H17Br2NS/c1-14-7-5-3-2-4-6-9-8-10(12)15-11(9)13/h8,14H,2-7H2,1H3. The molecule has 4 heteroatoms. The van der Waals surface area contributed by atoms with E-state index in [9.17, 15) is 0 Å². The average Bonchev–Trinajstić information content (AvgIpc) is 2.51. The van der Waals surface area contributed by atoms with Crippen molar-refractivity contribution in [2.45, 2.75) is 32.1 Å². The van der Waals surface area contributed by atoms with Gasteiger partial charge in [-0.15, -0.1) is 11.3 Å². The molecule has 1 heterocycles. The Bertz CT molecular complexity index is 286. The van der Waals surface area contributed by atoms with Crippen molar-refractivity contribution in [3.8, 4) is 0 Å².